The van der Waals surface area contributed by atoms with Gasteiger partial charge >= 0.3 is 0 Å². The van der Waals surface area contributed by atoms with E-state index in [1.54, 1.807) is 11.3 Å². The van der Waals surface area contributed by atoms with Gasteiger partial charge in [-0.2, -0.15) is 4.73 Å². The van der Waals surface area contributed by atoms with E-state index in [-0.39, 0.29) is 5.91 Å². The molecule has 0 bridgehead atoms. The van der Waals surface area contributed by atoms with Gasteiger partial charge in [-0.1, -0.05) is 23.7 Å². The van der Waals surface area contributed by atoms with Crippen LogP contribution in [-0.4, -0.2) is 10.9 Å². The maximum absolute atomic E-state index is 12.1. The first kappa shape index (κ1) is 16.4. The van der Waals surface area contributed by atoms with Gasteiger partial charge in [-0.05, 0) is 19.1 Å². The Balaban J connectivity index is 1.70. The van der Waals surface area contributed by atoms with Crippen molar-refractivity contribution in [3.8, 4) is 11.3 Å². The molecule has 1 aromatic carbocycles. The van der Waals surface area contributed by atoms with E-state index in [4.69, 9.17) is 11.6 Å². The van der Waals surface area contributed by atoms with E-state index in [9.17, 15) is 10.0 Å². The molecule has 0 spiro atoms. The van der Waals surface area contributed by atoms with Crippen molar-refractivity contribution < 1.29 is 9.52 Å². The van der Waals surface area contributed by atoms with Gasteiger partial charge in [0.15, 0.2) is 12.4 Å². The lowest BCUT2D eigenvalue weighted by molar-refractivity contribution is -0.605. The monoisotopic (exact) mass is 359 g/mol. The van der Waals surface area contributed by atoms with Crippen LogP contribution in [0.4, 0.5) is 0 Å². The number of halogens is 1. The fraction of sp³-hybridized carbons (Fsp3) is 0.118. The quantitative estimate of drug-likeness (QED) is 0.573. The summed E-state index contributed by atoms with van der Waals surface area (Å²) >= 11 is 7.45. The van der Waals surface area contributed by atoms with Crippen molar-refractivity contribution in [1.82, 2.24) is 10.3 Å². The second kappa shape index (κ2) is 6.98. The zero-order valence-electron chi connectivity index (χ0n) is 12.8. The fourth-order valence-corrected chi connectivity index (χ4v) is 3.25. The van der Waals surface area contributed by atoms with Gasteiger partial charge < -0.3 is 10.5 Å². The second-order valence-electron chi connectivity index (χ2n) is 5.15. The maximum Gasteiger partial charge on any atom is 0.252 e. The summed E-state index contributed by atoms with van der Waals surface area (Å²) in [5, 5.41) is 15.3. The van der Waals surface area contributed by atoms with Gasteiger partial charge in [-0.15, -0.1) is 11.3 Å². The minimum absolute atomic E-state index is 0.239. The van der Waals surface area contributed by atoms with Crippen molar-refractivity contribution >= 4 is 28.8 Å². The van der Waals surface area contributed by atoms with Crippen LogP contribution in [0.5, 0.6) is 0 Å². The number of nitrogens with one attached hydrogen (secondary N) is 1. The number of hydrogen-bond donors (Lipinski definition) is 1. The minimum Gasteiger partial charge on any atom is -0.619 e. The standard InChI is InChI=1S/C17H14ClN3O2S/c1-11-16(12-2-4-14(18)5-3-12)20-15(24-11)10-19-17(22)13-6-8-21(23)9-7-13/h2-9H,10H2,1H3,(H,19,22). The zero-order chi connectivity index (χ0) is 17.1. The molecule has 0 saturated heterocycles. The van der Waals surface area contributed by atoms with Crippen LogP contribution >= 0.6 is 22.9 Å². The van der Waals surface area contributed by atoms with E-state index >= 15 is 0 Å². The summed E-state index contributed by atoms with van der Waals surface area (Å²) < 4.78 is 0.638. The molecule has 7 heteroatoms. The Bertz CT molecular complexity index is 861. The Morgan fingerprint density at radius 2 is 1.92 bits per heavy atom. The molecule has 1 N–H and O–H groups in total. The Hall–Kier alpha value is -2.44. The van der Waals surface area contributed by atoms with Crippen molar-refractivity contribution in [1.29, 1.82) is 0 Å². The molecule has 0 aliphatic rings. The minimum atomic E-state index is -0.239. The van der Waals surface area contributed by atoms with Crippen LogP contribution < -0.4 is 10.0 Å². The van der Waals surface area contributed by atoms with E-state index in [0.717, 1.165) is 21.1 Å². The molecule has 5 nitrogen and oxygen atoms in total. The molecule has 0 atom stereocenters. The third-order valence-corrected chi connectivity index (χ3v) is 4.65. The van der Waals surface area contributed by atoms with E-state index in [1.807, 2.05) is 31.2 Å². The summed E-state index contributed by atoms with van der Waals surface area (Å²) in [7, 11) is 0. The molecular weight excluding hydrogens is 346 g/mol. The highest BCUT2D eigenvalue weighted by Crippen LogP contribution is 2.28. The second-order valence-corrected chi connectivity index (χ2v) is 6.87. The molecule has 0 radical (unpaired) electrons. The first-order valence-electron chi connectivity index (χ1n) is 7.22. The predicted molar refractivity (Wildman–Crippen MR) is 93.9 cm³/mol. The molecule has 2 heterocycles. The first-order valence-corrected chi connectivity index (χ1v) is 8.41. The molecule has 3 rings (SSSR count). The third-order valence-electron chi connectivity index (χ3n) is 3.42. The molecule has 2 aromatic heterocycles. The fourth-order valence-electron chi connectivity index (χ4n) is 2.22. The lowest BCUT2D eigenvalue weighted by Gasteiger charge is -2.03. The smallest absolute Gasteiger partial charge is 0.252 e. The number of aryl methyl sites for hydroxylation is 1. The van der Waals surface area contributed by atoms with Crippen LogP contribution in [0, 0.1) is 12.1 Å². The van der Waals surface area contributed by atoms with Crippen molar-refractivity contribution in [2.75, 3.05) is 0 Å². The van der Waals surface area contributed by atoms with Crippen molar-refractivity contribution in [3.05, 3.63) is 74.5 Å². The van der Waals surface area contributed by atoms with Crippen LogP contribution in [0.15, 0.2) is 48.8 Å². The molecule has 0 saturated carbocycles. The predicted octanol–water partition coefficient (Wildman–Crippen LogP) is 3.34. The zero-order valence-corrected chi connectivity index (χ0v) is 14.4. The average Bonchev–Trinajstić information content (AvgIpc) is 2.95. The Morgan fingerprint density at radius 3 is 2.58 bits per heavy atom. The number of carbonyl (C=O) groups excluding carboxylic acids is 1. The molecule has 1 amide bonds. The number of rotatable bonds is 4. The lowest BCUT2D eigenvalue weighted by Crippen LogP contribution is -2.27. The number of pyridine rings is 1. The van der Waals surface area contributed by atoms with Gasteiger partial charge in [-0.25, -0.2) is 4.98 Å². The largest absolute Gasteiger partial charge is 0.619 e. The molecule has 0 unspecified atom stereocenters. The van der Waals surface area contributed by atoms with Crippen molar-refractivity contribution in [2.24, 2.45) is 0 Å². The molecule has 24 heavy (non-hydrogen) atoms. The number of aromatic nitrogens is 2. The van der Waals surface area contributed by atoms with Gasteiger partial charge in [0.1, 0.15) is 5.01 Å². The van der Waals surface area contributed by atoms with Gasteiger partial charge in [-0.3, -0.25) is 4.79 Å². The molecule has 3 aromatic rings. The average molecular weight is 360 g/mol. The van der Waals surface area contributed by atoms with Crippen LogP contribution in [0.1, 0.15) is 20.2 Å². The highest BCUT2D eigenvalue weighted by molar-refractivity contribution is 7.12. The van der Waals surface area contributed by atoms with Gasteiger partial charge in [0.2, 0.25) is 0 Å². The molecular formula is C17H14ClN3O2S. The van der Waals surface area contributed by atoms with Gasteiger partial charge in [0.25, 0.3) is 5.91 Å². The number of thiazole rings is 1. The van der Waals surface area contributed by atoms with Crippen LogP contribution in [0.25, 0.3) is 11.3 Å². The SMILES string of the molecule is Cc1sc(CNC(=O)c2cc[n+]([O-])cc2)nc1-c1ccc(Cl)cc1. The summed E-state index contributed by atoms with van der Waals surface area (Å²) in [6, 6.07) is 10.5. The highest BCUT2D eigenvalue weighted by atomic mass is 35.5. The van der Waals surface area contributed by atoms with E-state index in [1.165, 1.54) is 24.5 Å². The number of hydrogen-bond acceptors (Lipinski definition) is 4. The van der Waals surface area contributed by atoms with Gasteiger partial charge in [0, 0.05) is 27.6 Å². The van der Waals surface area contributed by atoms with Crippen LogP contribution in [-0.2, 0) is 6.54 Å². The van der Waals surface area contributed by atoms with Gasteiger partial charge in [0.05, 0.1) is 17.8 Å². The summed E-state index contributed by atoms with van der Waals surface area (Å²) in [6.45, 7) is 2.33. The summed E-state index contributed by atoms with van der Waals surface area (Å²) in [4.78, 5) is 17.7. The molecule has 122 valence electrons. The Labute approximate surface area is 148 Å². The normalized spacial score (nSPS) is 10.6. The summed E-state index contributed by atoms with van der Waals surface area (Å²) in [5.41, 5.74) is 2.33. The number of amides is 1. The van der Waals surface area contributed by atoms with E-state index in [2.05, 4.69) is 10.3 Å². The first-order chi connectivity index (χ1) is 11.5. The number of nitrogens with zero attached hydrogens (tertiary/aromatic N) is 2. The third kappa shape index (κ3) is 3.72. The van der Waals surface area contributed by atoms with Crippen LogP contribution in [0.3, 0.4) is 0 Å². The Kier molecular flexibility index (Phi) is 4.78. The van der Waals surface area contributed by atoms with E-state index in [0.29, 0.717) is 21.9 Å². The molecule has 0 aliphatic carbocycles. The van der Waals surface area contributed by atoms with Crippen LogP contribution in [0.2, 0.25) is 5.02 Å². The summed E-state index contributed by atoms with van der Waals surface area (Å²) in [6.07, 6.45) is 2.59. The summed E-state index contributed by atoms with van der Waals surface area (Å²) in [5.74, 6) is -0.239. The molecule has 0 fully saturated rings. The highest BCUT2D eigenvalue weighted by Gasteiger charge is 2.12. The topological polar surface area (TPSA) is 68.9 Å². The van der Waals surface area contributed by atoms with Crippen molar-refractivity contribution in [2.45, 2.75) is 13.5 Å². The number of benzene rings is 1. The van der Waals surface area contributed by atoms with Crippen molar-refractivity contribution in [3.63, 3.8) is 0 Å². The Morgan fingerprint density at radius 1 is 1.25 bits per heavy atom. The molecule has 0 aliphatic heterocycles. The van der Waals surface area contributed by atoms with E-state index < -0.39 is 0 Å². The maximum atomic E-state index is 12.1. The lowest BCUT2D eigenvalue weighted by atomic mass is 10.1. The number of carbonyl (C=O) groups is 1.